The fourth-order valence-corrected chi connectivity index (χ4v) is 8.21. The molecule has 0 saturated heterocycles. The molecule has 0 aromatic heterocycles. The Kier molecular flexibility index (Phi) is 47.5. The molecule has 3 N–H and O–H groups in total. The summed E-state index contributed by atoms with van der Waals surface area (Å²) in [6.45, 7) is 4.67. The second-order valence-electron chi connectivity index (χ2n) is 19.6. The number of rotatable bonds is 49. The molecule has 0 aromatic carbocycles. The van der Waals surface area contributed by atoms with Crippen molar-refractivity contribution in [1.29, 1.82) is 0 Å². The van der Waals surface area contributed by atoms with Crippen molar-refractivity contribution in [1.82, 2.24) is 5.32 Å². The van der Waals surface area contributed by atoms with Crippen LogP contribution >= 0.6 is 7.82 Å². The monoisotopic (exact) mass is 970 g/mol. The number of likely N-dealkylation sites (N-methyl/N-ethyl adjacent to an activating group) is 1. The van der Waals surface area contributed by atoms with Gasteiger partial charge in [-0.25, -0.2) is 4.57 Å². The zero-order chi connectivity index (χ0) is 49.9. The predicted molar refractivity (Wildman–Crippen MR) is 295 cm³/mol. The standard InChI is InChI=1S/C59H105N2O6P/c1-6-8-10-12-14-16-18-20-22-23-24-25-26-27-28-29-30-31-32-33-34-35-36-37-39-41-43-45-47-49-51-53-59(63)60-57(56-67-68(64,65)66-55-54-61(3,4)5)58(62)52-50-48-46-44-42-40-38-21-19-17-15-13-11-9-7-2/h8,10,14,16,20,22,24-25,27-28,30-31,42,44,50,52,57-58,62H,6-7,9,11-13,15,17-19,21,23,26,29,32-41,43,45-49,51,53-56H2,1-5H3,(H-,60,63,64,65)/p+1/b10-8-,16-14-,22-20-,25-24-,28-27-,31-30-,44-42+,52-50+. The van der Waals surface area contributed by atoms with Gasteiger partial charge in [0.1, 0.15) is 13.2 Å². The molecule has 9 heteroatoms. The van der Waals surface area contributed by atoms with Crippen molar-refractivity contribution in [3.63, 3.8) is 0 Å². The van der Waals surface area contributed by atoms with E-state index >= 15 is 0 Å². The molecule has 0 radical (unpaired) electrons. The van der Waals surface area contributed by atoms with Crippen LogP contribution in [0.1, 0.15) is 219 Å². The van der Waals surface area contributed by atoms with E-state index < -0.39 is 20.0 Å². The first-order chi connectivity index (χ1) is 33.0. The summed E-state index contributed by atoms with van der Waals surface area (Å²) in [6, 6.07) is -0.869. The van der Waals surface area contributed by atoms with Crippen molar-refractivity contribution in [2.75, 3.05) is 40.9 Å². The van der Waals surface area contributed by atoms with E-state index in [1.807, 2.05) is 27.2 Å². The minimum atomic E-state index is -4.36. The molecule has 0 spiro atoms. The topological polar surface area (TPSA) is 105 Å². The third-order valence-electron chi connectivity index (χ3n) is 11.8. The van der Waals surface area contributed by atoms with Crippen molar-refractivity contribution in [3.05, 3.63) is 97.2 Å². The van der Waals surface area contributed by atoms with Gasteiger partial charge >= 0.3 is 7.82 Å². The van der Waals surface area contributed by atoms with Gasteiger partial charge in [0, 0.05) is 6.42 Å². The zero-order valence-electron chi connectivity index (χ0n) is 44.6. The number of hydrogen-bond acceptors (Lipinski definition) is 5. The lowest BCUT2D eigenvalue weighted by atomic mass is 10.0. The van der Waals surface area contributed by atoms with Crippen LogP contribution in [0.3, 0.4) is 0 Å². The van der Waals surface area contributed by atoms with Gasteiger partial charge in [0.15, 0.2) is 0 Å². The summed E-state index contributed by atoms with van der Waals surface area (Å²) in [6.07, 6.45) is 70.7. The molecule has 0 aliphatic carbocycles. The summed E-state index contributed by atoms with van der Waals surface area (Å²) < 4.78 is 23.6. The van der Waals surface area contributed by atoms with Gasteiger partial charge in [0.25, 0.3) is 0 Å². The Hall–Kier alpha value is -2.58. The Morgan fingerprint density at radius 3 is 1.35 bits per heavy atom. The normalized spacial score (nSPS) is 14.8. The number of phosphoric ester groups is 1. The largest absolute Gasteiger partial charge is 0.472 e. The van der Waals surface area contributed by atoms with Crippen molar-refractivity contribution in [2.24, 2.45) is 0 Å². The molecule has 0 rings (SSSR count). The number of carbonyl (C=O) groups excluding carboxylic acids is 1. The number of quaternary nitrogens is 1. The van der Waals surface area contributed by atoms with E-state index in [1.165, 1.54) is 122 Å². The summed E-state index contributed by atoms with van der Waals surface area (Å²) in [7, 11) is 1.54. The number of phosphoric acid groups is 1. The van der Waals surface area contributed by atoms with Gasteiger partial charge in [0.05, 0.1) is 39.9 Å². The molecule has 1 amide bonds. The van der Waals surface area contributed by atoms with Gasteiger partial charge < -0.3 is 19.8 Å². The highest BCUT2D eigenvalue weighted by atomic mass is 31.2. The van der Waals surface area contributed by atoms with Gasteiger partial charge in [0.2, 0.25) is 5.91 Å². The first kappa shape index (κ1) is 65.4. The lowest BCUT2D eigenvalue weighted by Crippen LogP contribution is -2.45. The third-order valence-corrected chi connectivity index (χ3v) is 12.8. The minimum Gasteiger partial charge on any atom is -0.387 e. The quantitative estimate of drug-likeness (QED) is 0.0243. The third kappa shape index (κ3) is 51.3. The molecule has 0 bridgehead atoms. The molecule has 3 unspecified atom stereocenters. The second-order valence-corrected chi connectivity index (χ2v) is 21.0. The Bertz CT molecular complexity index is 1420. The maximum atomic E-state index is 13.0. The molecule has 0 aliphatic rings. The van der Waals surface area contributed by atoms with Gasteiger partial charge in [-0.05, 0) is 83.5 Å². The van der Waals surface area contributed by atoms with Crippen LogP contribution in [-0.4, -0.2) is 73.4 Å². The number of allylic oxidation sites excluding steroid dienone is 15. The Morgan fingerprint density at radius 2 is 0.897 bits per heavy atom. The summed E-state index contributed by atoms with van der Waals surface area (Å²) in [5.74, 6) is -0.193. The molecular weight excluding hydrogens is 864 g/mol. The average Bonchev–Trinajstić information content (AvgIpc) is 3.30. The summed E-state index contributed by atoms with van der Waals surface area (Å²) in [5.41, 5.74) is 0. The van der Waals surface area contributed by atoms with Crippen molar-refractivity contribution >= 4 is 13.7 Å². The lowest BCUT2D eigenvalue weighted by Gasteiger charge is -2.25. The Labute approximate surface area is 419 Å². The molecule has 0 aliphatic heterocycles. The Balaban J connectivity index is 4.20. The minimum absolute atomic E-state index is 0.0518. The van der Waals surface area contributed by atoms with Gasteiger partial charge in [-0.1, -0.05) is 227 Å². The highest BCUT2D eigenvalue weighted by molar-refractivity contribution is 7.47. The van der Waals surface area contributed by atoms with Crippen molar-refractivity contribution < 1.29 is 32.9 Å². The van der Waals surface area contributed by atoms with Crippen molar-refractivity contribution in [2.45, 2.75) is 231 Å². The summed E-state index contributed by atoms with van der Waals surface area (Å²) >= 11 is 0. The highest BCUT2D eigenvalue weighted by Crippen LogP contribution is 2.43. The van der Waals surface area contributed by atoms with E-state index in [0.29, 0.717) is 17.4 Å². The zero-order valence-corrected chi connectivity index (χ0v) is 45.5. The van der Waals surface area contributed by atoms with Crippen molar-refractivity contribution in [3.8, 4) is 0 Å². The van der Waals surface area contributed by atoms with Crippen LogP contribution in [-0.2, 0) is 18.4 Å². The Morgan fingerprint density at radius 1 is 0.515 bits per heavy atom. The predicted octanol–water partition coefficient (Wildman–Crippen LogP) is 16.6. The number of nitrogens with one attached hydrogen (secondary N) is 1. The summed E-state index contributed by atoms with van der Waals surface area (Å²) in [5, 5.41) is 13.9. The van der Waals surface area contributed by atoms with Crippen LogP contribution in [0.2, 0.25) is 0 Å². The maximum Gasteiger partial charge on any atom is 0.472 e. The molecule has 3 atom stereocenters. The van der Waals surface area contributed by atoms with E-state index in [9.17, 15) is 19.4 Å². The lowest BCUT2D eigenvalue weighted by molar-refractivity contribution is -0.870. The van der Waals surface area contributed by atoms with Gasteiger partial charge in [-0.3, -0.25) is 13.8 Å². The fourth-order valence-electron chi connectivity index (χ4n) is 7.47. The first-order valence-corrected chi connectivity index (χ1v) is 29.1. The second kappa shape index (κ2) is 49.4. The smallest absolute Gasteiger partial charge is 0.387 e. The molecule has 8 nitrogen and oxygen atoms in total. The molecule has 0 aromatic rings. The average molecular weight is 970 g/mol. The van der Waals surface area contributed by atoms with E-state index in [2.05, 4.69) is 104 Å². The molecular formula is C59H106N2O6P+. The summed E-state index contributed by atoms with van der Waals surface area (Å²) in [4.78, 5) is 23.2. The van der Waals surface area contributed by atoms with Gasteiger partial charge in [-0.2, -0.15) is 0 Å². The van der Waals surface area contributed by atoms with Gasteiger partial charge in [-0.15, -0.1) is 0 Å². The molecule has 392 valence electrons. The molecule has 0 heterocycles. The number of carbonyl (C=O) groups is 1. The first-order valence-electron chi connectivity index (χ1n) is 27.6. The number of nitrogens with zero attached hydrogens (tertiary/aromatic N) is 1. The number of aliphatic hydroxyl groups is 1. The van der Waals surface area contributed by atoms with Crippen LogP contribution in [0.25, 0.3) is 0 Å². The SMILES string of the molecule is CC/C=C\C/C=C\C/C=C\C/C=C\C/C=C\C/C=C\CCCCCCCCCCCCCCC(=O)NC(COP(=O)(O)OCC[N+](C)(C)C)C(O)/C=C/CC/C=C/CCCCCCCCCCC. The van der Waals surface area contributed by atoms with E-state index in [1.54, 1.807) is 6.08 Å². The highest BCUT2D eigenvalue weighted by Gasteiger charge is 2.27. The van der Waals surface area contributed by atoms with E-state index in [-0.39, 0.29) is 19.1 Å². The fraction of sp³-hybridized carbons (Fsp3) is 0.712. The van der Waals surface area contributed by atoms with Crippen LogP contribution in [0.15, 0.2) is 97.2 Å². The number of amides is 1. The number of unbranched alkanes of at least 4 members (excludes halogenated alkanes) is 22. The number of hydrogen-bond donors (Lipinski definition) is 3. The molecule has 0 saturated carbocycles. The van der Waals surface area contributed by atoms with E-state index in [0.717, 1.165) is 77.0 Å². The van der Waals surface area contributed by atoms with Crippen LogP contribution < -0.4 is 5.32 Å². The van der Waals surface area contributed by atoms with Crippen LogP contribution in [0.5, 0.6) is 0 Å². The molecule has 68 heavy (non-hydrogen) atoms. The number of aliphatic hydroxyl groups excluding tert-OH is 1. The van der Waals surface area contributed by atoms with E-state index in [4.69, 9.17) is 9.05 Å². The molecule has 0 fully saturated rings. The van der Waals surface area contributed by atoms with Crippen LogP contribution in [0, 0.1) is 0 Å². The maximum absolute atomic E-state index is 13.0. The van der Waals surface area contributed by atoms with Crippen LogP contribution in [0.4, 0.5) is 0 Å².